The number of carbonyl (C=O) groups is 8. The molecule has 20 heteroatoms. The quantitative estimate of drug-likeness (QED) is 0.0325. The summed E-state index contributed by atoms with van der Waals surface area (Å²) in [5, 5.41) is 30.9. The van der Waals surface area contributed by atoms with Crippen LogP contribution in [-0.4, -0.2) is 111 Å². The van der Waals surface area contributed by atoms with Crippen LogP contribution >= 0.6 is 0 Å². The molecular formula is C54H73N11O9. The smallest absolute Gasteiger partial charge is 0.243 e. The summed E-state index contributed by atoms with van der Waals surface area (Å²) in [6, 6.07) is 12.6. The third-order valence-electron chi connectivity index (χ3n) is 13.0. The number of aromatic amines is 2. The number of H-pyrrole nitrogens is 2. The summed E-state index contributed by atoms with van der Waals surface area (Å²) in [6.45, 7) is 10.4. The van der Waals surface area contributed by atoms with Crippen molar-refractivity contribution in [3.63, 3.8) is 0 Å². The molecule has 14 N–H and O–H groups in total. The molecule has 0 radical (unpaired) electrons. The number of carbonyl (C=O) groups excluding carboxylic acids is 8. The van der Waals surface area contributed by atoms with Crippen LogP contribution in [-0.2, 0) is 57.6 Å². The number of benzene rings is 3. The van der Waals surface area contributed by atoms with Crippen LogP contribution in [0.3, 0.4) is 0 Å². The van der Waals surface area contributed by atoms with E-state index in [9.17, 15) is 43.5 Å². The van der Waals surface area contributed by atoms with E-state index >= 15 is 0 Å². The van der Waals surface area contributed by atoms with Crippen molar-refractivity contribution in [2.75, 3.05) is 6.54 Å². The van der Waals surface area contributed by atoms with Crippen LogP contribution in [0.25, 0.3) is 21.8 Å². The Hall–Kier alpha value is -7.74. The highest BCUT2D eigenvalue weighted by atomic mass is 16.3. The molecule has 0 aliphatic rings. The zero-order valence-electron chi connectivity index (χ0n) is 43.0. The maximum Gasteiger partial charge on any atom is 0.243 e. The number of rotatable bonds is 28. The number of aromatic nitrogens is 2. The topological polar surface area (TPSA) is 325 Å². The van der Waals surface area contributed by atoms with E-state index in [1.54, 1.807) is 31.5 Å². The van der Waals surface area contributed by atoms with Gasteiger partial charge in [0.25, 0.3) is 0 Å². The van der Waals surface area contributed by atoms with Gasteiger partial charge >= 0.3 is 0 Å². The SMILES string of the molecule is CC[C@H](C)[C@H](NC(=O)[C@H](Cc1c[nH]c2ccccc12)NC(C)=O)C(=O)N[C@@H](C)C(=O)N[C@@H](Cc1c[nH]c2ccccc12)C(=O)N[C@@H](Cc1ccc(O)cc1)C(=O)N[C@@H](CCCCN)C(=O)N[C@@H](CC(C)C)C(N)=O. The molecule has 2 aromatic heterocycles. The number of phenols is 1. The molecule has 20 nitrogen and oxygen atoms in total. The van der Waals surface area contributed by atoms with Gasteiger partial charge in [0.1, 0.15) is 48.0 Å². The van der Waals surface area contributed by atoms with Crippen molar-refractivity contribution in [3.05, 3.63) is 102 Å². The van der Waals surface area contributed by atoms with Gasteiger partial charge in [0.05, 0.1) is 0 Å². The van der Waals surface area contributed by atoms with Crippen LogP contribution in [0, 0.1) is 11.8 Å². The van der Waals surface area contributed by atoms with E-state index in [0.29, 0.717) is 36.9 Å². The van der Waals surface area contributed by atoms with Crippen LogP contribution in [0.15, 0.2) is 85.2 Å². The molecule has 74 heavy (non-hydrogen) atoms. The molecule has 398 valence electrons. The summed E-state index contributed by atoms with van der Waals surface area (Å²) in [7, 11) is 0. The molecule has 0 fully saturated rings. The minimum atomic E-state index is -1.35. The first-order chi connectivity index (χ1) is 35.3. The molecule has 0 spiro atoms. The van der Waals surface area contributed by atoms with Gasteiger partial charge in [-0.2, -0.15) is 0 Å². The van der Waals surface area contributed by atoms with Gasteiger partial charge in [-0.05, 0) is 91.9 Å². The zero-order valence-corrected chi connectivity index (χ0v) is 43.0. The third kappa shape index (κ3) is 16.4. The molecule has 3 aromatic carbocycles. The minimum Gasteiger partial charge on any atom is -0.508 e. The number of hydrogen-bond donors (Lipinski definition) is 12. The van der Waals surface area contributed by atoms with E-state index in [2.05, 4.69) is 47.2 Å². The molecule has 5 aromatic rings. The number of phenolic OH excluding ortho intramolecular Hbond substituents is 1. The fraction of sp³-hybridized carbons (Fsp3) is 0.444. The van der Waals surface area contributed by atoms with Gasteiger partial charge in [-0.1, -0.05) is 82.6 Å². The van der Waals surface area contributed by atoms with Gasteiger partial charge in [0.15, 0.2) is 0 Å². The lowest BCUT2D eigenvalue weighted by atomic mass is 9.96. The van der Waals surface area contributed by atoms with Crippen LogP contribution in [0.2, 0.25) is 0 Å². The van der Waals surface area contributed by atoms with Gasteiger partial charge in [-0.25, -0.2) is 0 Å². The van der Waals surface area contributed by atoms with Crippen molar-refractivity contribution in [2.24, 2.45) is 23.3 Å². The Morgan fingerprint density at radius 3 is 1.58 bits per heavy atom. The Kier molecular flexibility index (Phi) is 21.1. The van der Waals surface area contributed by atoms with Crippen molar-refractivity contribution in [1.29, 1.82) is 0 Å². The molecule has 0 aliphatic heterocycles. The second-order valence-corrected chi connectivity index (χ2v) is 19.4. The Balaban J connectivity index is 1.39. The average Bonchev–Trinajstić information content (AvgIpc) is 3.97. The number of fused-ring (bicyclic) bond motifs is 2. The fourth-order valence-electron chi connectivity index (χ4n) is 8.70. The van der Waals surface area contributed by atoms with E-state index in [4.69, 9.17) is 11.5 Å². The number of aromatic hydroxyl groups is 1. The van der Waals surface area contributed by atoms with E-state index < -0.39 is 95.5 Å². The third-order valence-corrected chi connectivity index (χ3v) is 13.0. The van der Waals surface area contributed by atoms with Crippen molar-refractivity contribution in [3.8, 4) is 5.75 Å². The first-order valence-corrected chi connectivity index (χ1v) is 25.2. The Morgan fingerprint density at radius 2 is 1.05 bits per heavy atom. The monoisotopic (exact) mass is 1020 g/mol. The van der Waals surface area contributed by atoms with Crippen LogP contribution < -0.4 is 48.7 Å². The highest BCUT2D eigenvalue weighted by Crippen LogP contribution is 2.22. The Morgan fingerprint density at radius 1 is 0.568 bits per heavy atom. The lowest BCUT2D eigenvalue weighted by molar-refractivity contribution is -0.136. The number of primary amides is 1. The molecule has 2 heterocycles. The summed E-state index contributed by atoms with van der Waals surface area (Å²) < 4.78 is 0. The lowest BCUT2D eigenvalue weighted by Crippen LogP contribution is -2.60. The number of unbranched alkanes of at least 4 members (excludes halogenated alkanes) is 1. The van der Waals surface area contributed by atoms with Gasteiger partial charge in [0, 0.05) is 60.4 Å². The van der Waals surface area contributed by atoms with E-state index in [1.807, 2.05) is 69.3 Å². The number of amides is 8. The Bertz CT molecular complexity index is 2740. The lowest BCUT2D eigenvalue weighted by Gasteiger charge is -2.28. The van der Waals surface area contributed by atoms with Crippen molar-refractivity contribution in [1.82, 2.24) is 47.2 Å². The fourth-order valence-corrected chi connectivity index (χ4v) is 8.70. The highest BCUT2D eigenvalue weighted by Gasteiger charge is 2.35. The van der Waals surface area contributed by atoms with Gasteiger partial charge in [-0.3, -0.25) is 38.4 Å². The molecule has 0 bridgehead atoms. The number of nitrogens with one attached hydrogen (secondary N) is 9. The number of para-hydroxylation sites is 2. The van der Waals surface area contributed by atoms with E-state index in [0.717, 1.165) is 27.4 Å². The molecule has 8 amide bonds. The summed E-state index contributed by atoms with van der Waals surface area (Å²) >= 11 is 0. The number of nitrogens with two attached hydrogens (primary N) is 2. The van der Waals surface area contributed by atoms with Crippen molar-refractivity contribution < 1.29 is 43.5 Å². The summed E-state index contributed by atoms with van der Waals surface area (Å²) in [6.07, 6.45) is 5.26. The van der Waals surface area contributed by atoms with Crippen LogP contribution in [0.1, 0.15) is 90.3 Å². The second-order valence-electron chi connectivity index (χ2n) is 19.4. The molecule has 8 atom stereocenters. The second kappa shape index (κ2) is 27.4. The normalized spacial score (nSPS) is 14.6. The molecule has 0 aliphatic carbocycles. The van der Waals surface area contributed by atoms with Crippen LogP contribution in [0.5, 0.6) is 5.75 Å². The van der Waals surface area contributed by atoms with E-state index in [-0.39, 0.29) is 43.8 Å². The summed E-state index contributed by atoms with van der Waals surface area (Å²) in [5.41, 5.74) is 15.0. The maximum atomic E-state index is 14.7. The first-order valence-electron chi connectivity index (χ1n) is 25.2. The number of hydrogen-bond acceptors (Lipinski definition) is 10. The largest absolute Gasteiger partial charge is 0.508 e. The van der Waals surface area contributed by atoms with Crippen LogP contribution in [0.4, 0.5) is 0 Å². The summed E-state index contributed by atoms with van der Waals surface area (Å²) in [5.74, 6) is -5.85. The van der Waals surface area contributed by atoms with Gasteiger partial charge in [-0.15, -0.1) is 0 Å². The van der Waals surface area contributed by atoms with Crippen molar-refractivity contribution in [2.45, 2.75) is 135 Å². The predicted molar refractivity (Wildman–Crippen MR) is 282 cm³/mol. The summed E-state index contributed by atoms with van der Waals surface area (Å²) in [4.78, 5) is 116. The highest BCUT2D eigenvalue weighted by molar-refractivity contribution is 5.98. The van der Waals surface area contributed by atoms with Crippen molar-refractivity contribution >= 4 is 69.1 Å². The molecule has 0 unspecified atom stereocenters. The molecule has 5 rings (SSSR count). The van der Waals surface area contributed by atoms with Gasteiger partial charge < -0.3 is 63.8 Å². The maximum absolute atomic E-state index is 14.7. The molecular weight excluding hydrogens is 947 g/mol. The minimum absolute atomic E-state index is 0.00651. The molecule has 0 saturated carbocycles. The average molecular weight is 1020 g/mol. The predicted octanol–water partition coefficient (Wildman–Crippen LogP) is 2.52. The Labute approximate surface area is 431 Å². The first kappa shape index (κ1) is 57.2. The van der Waals surface area contributed by atoms with E-state index in [1.165, 1.54) is 26.0 Å². The standard InChI is InChI=1S/C54H73N11O9/c1-7-31(4)47(65-53(73)45(60-33(6)66)26-35-28-57-40-16-10-8-14-38(35)40)54(74)59-32(5)49(69)63-46(27-36-29-58-41-17-11-9-15-39(36)41)52(72)64-44(25-34-19-21-37(67)22-20-34)51(71)61-42(18-12-13-23-55)50(70)62-43(48(56)68)24-30(2)3/h8-11,14-17,19-22,28-32,42-47,57-58,67H,7,12-13,18,23-27,55H2,1-6H3,(H2,56,68)(H,59,74)(H,60,66)(H,61,71)(H,62,70)(H,63,69)(H,64,72)(H,65,73)/t31-,32-,42-,43-,44-,45-,46-,47-/m0/s1. The zero-order chi connectivity index (χ0) is 54.1. The van der Waals surface area contributed by atoms with Gasteiger partial charge in [0.2, 0.25) is 47.3 Å². The molecule has 0 saturated heterocycles.